The lowest BCUT2D eigenvalue weighted by atomic mass is 9.92. The number of fused-ring (bicyclic) bond motifs is 6. The highest BCUT2D eigenvalue weighted by Crippen LogP contribution is 2.42. The van der Waals surface area contributed by atoms with Gasteiger partial charge in [-0.25, -0.2) is 0 Å². The lowest BCUT2D eigenvalue weighted by molar-refractivity contribution is 0.437. The van der Waals surface area contributed by atoms with Crippen LogP contribution in [-0.4, -0.2) is 14.1 Å². The van der Waals surface area contributed by atoms with Gasteiger partial charge in [0.15, 0.2) is 0 Å². The van der Waals surface area contributed by atoms with Gasteiger partial charge in [0.05, 0.1) is 16.6 Å². The summed E-state index contributed by atoms with van der Waals surface area (Å²) in [7, 11) is 0. The molecule has 0 fully saturated rings. The molecule has 0 amide bonds. The Hall–Kier alpha value is -4.89. The highest BCUT2D eigenvalue weighted by atomic mass is 15.1. The van der Waals surface area contributed by atoms with E-state index in [2.05, 4.69) is 142 Å². The topological polar surface area (TPSA) is 22.8 Å². The van der Waals surface area contributed by atoms with Crippen molar-refractivity contribution >= 4 is 43.6 Å². The fourth-order valence-corrected chi connectivity index (χ4v) is 6.56. The maximum absolute atomic E-state index is 4.47. The van der Waals surface area contributed by atoms with Gasteiger partial charge in [-0.2, -0.15) is 0 Å². The van der Waals surface area contributed by atoms with E-state index in [-0.39, 0.29) is 5.54 Å². The van der Waals surface area contributed by atoms with Crippen molar-refractivity contribution in [1.29, 1.82) is 0 Å². The van der Waals surface area contributed by atoms with E-state index in [1.54, 1.807) is 0 Å². The second kappa shape index (κ2) is 8.31. The molecule has 3 nitrogen and oxygen atoms in total. The minimum atomic E-state index is -0.107. The van der Waals surface area contributed by atoms with Gasteiger partial charge in [-0.3, -0.25) is 4.98 Å². The second-order valence-corrected chi connectivity index (χ2v) is 10.7. The van der Waals surface area contributed by atoms with Gasteiger partial charge in [0, 0.05) is 56.2 Å². The van der Waals surface area contributed by atoms with Crippen LogP contribution in [0.1, 0.15) is 13.3 Å². The number of aromatic nitrogens is 3. The summed E-state index contributed by atoms with van der Waals surface area (Å²) >= 11 is 0. The van der Waals surface area contributed by atoms with Crippen LogP contribution in [0.2, 0.25) is 0 Å². The van der Waals surface area contributed by atoms with Crippen LogP contribution >= 0.6 is 0 Å². The number of hydrogen-bond donors (Lipinski definition) is 0. The third kappa shape index (κ3) is 3.20. The maximum atomic E-state index is 4.47. The SMILES string of the molecule is CC1(n2c3ccccc3c3cc(-c4cccc5c6cnccc6n(-c6ccccc6)c45)ccc32)C=CC=CC1. The van der Waals surface area contributed by atoms with Gasteiger partial charge in [0.2, 0.25) is 0 Å². The van der Waals surface area contributed by atoms with E-state index in [9.17, 15) is 0 Å². The van der Waals surface area contributed by atoms with Crippen LogP contribution in [0.5, 0.6) is 0 Å². The molecule has 4 aromatic carbocycles. The molecule has 0 aliphatic heterocycles. The van der Waals surface area contributed by atoms with Crippen molar-refractivity contribution in [3.63, 3.8) is 0 Å². The van der Waals surface area contributed by atoms with Gasteiger partial charge in [-0.15, -0.1) is 0 Å². The predicted octanol–water partition coefficient (Wildman–Crippen LogP) is 9.18. The van der Waals surface area contributed by atoms with Gasteiger partial charge < -0.3 is 9.13 Å². The normalized spacial score (nSPS) is 17.2. The smallest absolute Gasteiger partial charge is 0.0643 e. The Balaban J connectivity index is 1.44. The predicted molar refractivity (Wildman–Crippen MR) is 164 cm³/mol. The zero-order chi connectivity index (χ0) is 26.0. The number of hydrogen-bond acceptors (Lipinski definition) is 1. The van der Waals surface area contributed by atoms with Gasteiger partial charge >= 0.3 is 0 Å². The third-order valence-electron chi connectivity index (χ3n) is 8.33. The van der Waals surface area contributed by atoms with Crippen LogP contribution in [0.15, 0.2) is 134 Å². The minimum absolute atomic E-state index is 0.107. The number of allylic oxidation sites excluding steroid dienone is 4. The first-order chi connectivity index (χ1) is 19.2. The molecule has 7 aromatic rings. The van der Waals surface area contributed by atoms with Crippen LogP contribution in [0.25, 0.3) is 60.4 Å². The summed E-state index contributed by atoms with van der Waals surface area (Å²) in [6.45, 7) is 2.33. The Kier molecular flexibility index (Phi) is 4.71. The van der Waals surface area contributed by atoms with Crippen LogP contribution in [-0.2, 0) is 5.54 Å². The Morgan fingerprint density at radius 1 is 0.692 bits per heavy atom. The van der Waals surface area contributed by atoms with Gasteiger partial charge in [-0.05, 0) is 55.3 Å². The molecular weight excluding hydrogens is 474 g/mol. The highest BCUT2D eigenvalue weighted by molar-refractivity contribution is 6.15. The molecular formula is C36H27N3. The molecule has 3 heterocycles. The average Bonchev–Trinajstić information content (AvgIpc) is 3.51. The molecule has 0 radical (unpaired) electrons. The zero-order valence-corrected chi connectivity index (χ0v) is 21.8. The van der Waals surface area contributed by atoms with Crippen LogP contribution in [0.3, 0.4) is 0 Å². The molecule has 1 unspecified atom stereocenters. The number of pyridine rings is 1. The number of nitrogens with zero attached hydrogens (tertiary/aromatic N) is 3. The molecule has 1 aliphatic rings. The first-order valence-corrected chi connectivity index (χ1v) is 13.5. The second-order valence-electron chi connectivity index (χ2n) is 10.7. The molecule has 186 valence electrons. The number of para-hydroxylation sites is 3. The molecule has 0 bridgehead atoms. The van der Waals surface area contributed by atoms with E-state index >= 15 is 0 Å². The summed E-state index contributed by atoms with van der Waals surface area (Å²) in [6, 6.07) is 35.2. The van der Waals surface area contributed by atoms with Crippen molar-refractivity contribution in [2.75, 3.05) is 0 Å². The van der Waals surface area contributed by atoms with E-state index in [0.717, 1.165) is 12.1 Å². The molecule has 3 aromatic heterocycles. The molecule has 0 N–H and O–H groups in total. The molecule has 1 atom stereocenters. The van der Waals surface area contributed by atoms with E-state index in [1.807, 2.05) is 12.4 Å². The summed E-state index contributed by atoms with van der Waals surface area (Å²) < 4.78 is 4.91. The molecule has 0 saturated carbocycles. The van der Waals surface area contributed by atoms with E-state index in [1.165, 1.54) is 54.7 Å². The highest BCUT2D eigenvalue weighted by Gasteiger charge is 2.27. The van der Waals surface area contributed by atoms with Crippen LogP contribution in [0, 0.1) is 0 Å². The molecule has 1 aliphatic carbocycles. The van der Waals surface area contributed by atoms with Crippen molar-refractivity contribution in [2.24, 2.45) is 0 Å². The minimum Gasteiger partial charge on any atom is -0.331 e. The number of benzene rings is 4. The van der Waals surface area contributed by atoms with E-state index < -0.39 is 0 Å². The summed E-state index contributed by atoms with van der Waals surface area (Å²) in [5, 5.41) is 4.96. The van der Waals surface area contributed by atoms with Crippen molar-refractivity contribution in [1.82, 2.24) is 14.1 Å². The van der Waals surface area contributed by atoms with Gasteiger partial charge in [0.1, 0.15) is 0 Å². The van der Waals surface area contributed by atoms with E-state index in [4.69, 9.17) is 0 Å². The number of rotatable bonds is 3. The van der Waals surface area contributed by atoms with Crippen molar-refractivity contribution in [3.8, 4) is 16.8 Å². The molecule has 0 spiro atoms. The fraction of sp³-hybridized carbons (Fsp3) is 0.0833. The maximum Gasteiger partial charge on any atom is 0.0643 e. The summed E-state index contributed by atoms with van der Waals surface area (Å²) in [5.41, 5.74) is 8.40. The standard InChI is InChI=1S/C36H27N3/c1-36(20-8-3-9-21-36)39-33-16-7-6-13-28(33)30-23-25(17-18-34(30)39)27-14-10-15-29-31-24-37-22-19-32(31)38(35(27)29)26-11-4-2-5-12-26/h2-20,22-24H,21H2,1H3. The first kappa shape index (κ1) is 22.1. The fourth-order valence-electron chi connectivity index (χ4n) is 6.56. The third-order valence-corrected chi connectivity index (χ3v) is 8.33. The lowest BCUT2D eigenvalue weighted by Gasteiger charge is -2.31. The van der Waals surface area contributed by atoms with E-state index in [0.29, 0.717) is 0 Å². The molecule has 0 saturated heterocycles. The van der Waals surface area contributed by atoms with Crippen LogP contribution < -0.4 is 0 Å². The Morgan fingerprint density at radius 3 is 2.38 bits per heavy atom. The Morgan fingerprint density at radius 2 is 1.51 bits per heavy atom. The lowest BCUT2D eigenvalue weighted by Crippen LogP contribution is -2.27. The monoisotopic (exact) mass is 501 g/mol. The largest absolute Gasteiger partial charge is 0.331 e. The Labute approximate surface area is 226 Å². The van der Waals surface area contributed by atoms with Crippen LogP contribution in [0.4, 0.5) is 0 Å². The van der Waals surface area contributed by atoms with Crippen molar-refractivity contribution in [3.05, 3.63) is 134 Å². The molecule has 3 heteroatoms. The summed E-state index contributed by atoms with van der Waals surface area (Å²) in [6.07, 6.45) is 13.8. The quantitative estimate of drug-likeness (QED) is 0.237. The van der Waals surface area contributed by atoms with Crippen molar-refractivity contribution in [2.45, 2.75) is 18.9 Å². The molecule has 39 heavy (non-hydrogen) atoms. The Bertz CT molecular complexity index is 2110. The average molecular weight is 502 g/mol. The van der Waals surface area contributed by atoms with Gasteiger partial charge in [-0.1, -0.05) is 85.0 Å². The van der Waals surface area contributed by atoms with Gasteiger partial charge in [0.25, 0.3) is 0 Å². The summed E-state index contributed by atoms with van der Waals surface area (Å²) in [4.78, 5) is 4.47. The first-order valence-electron chi connectivity index (χ1n) is 13.5. The zero-order valence-electron chi connectivity index (χ0n) is 21.8. The summed E-state index contributed by atoms with van der Waals surface area (Å²) in [5.74, 6) is 0. The molecule has 8 rings (SSSR count). The van der Waals surface area contributed by atoms with Crippen molar-refractivity contribution < 1.29 is 0 Å².